The van der Waals surface area contributed by atoms with Crippen LogP contribution in [0.1, 0.15) is 8.42 Å². The van der Waals surface area contributed by atoms with Crippen molar-refractivity contribution in [3.8, 4) is 0 Å². The number of aliphatic hydroxyl groups is 1. The minimum Gasteiger partial charge on any atom is -1.00 e. The average molecular weight is 167 g/mol. The Hall–Kier alpha value is 0.400. The minimum atomic E-state index is 0. The monoisotopic (exact) mass is 167 g/mol. The van der Waals surface area contributed by atoms with E-state index in [-0.39, 0.29) is 53.3 Å². The van der Waals surface area contributed by atoms with E-state index >= 15 is 0 Å². The third kappa shape index (κ3) is 4.25. The molecule has 54 valence electrons. The molecule has 0 saturated heterocycles. The molecule has 0 aromatic heterocycles. The van der Waals surface area contributed by atoms with Gasteiger partial charge in [-0.05, 0) is 5.56 Å². The Balaban J connectivity index is -0.0000000800. The van der Waals surface area contributed by atoms with Crippen LogP contribution in [0, 0.1) is 0 Å². The maximum Gasteiger partial charge on any atom is 2.00 e. The van der Waals surface area contributed by atoms with Gasteiger partial charge < -0.3 is 14.1 Å². The molecule has 1 rings (SSSR count). The molecule has 0 spiro atoms. The van der Waals surface area contributed by atoms with Crippen LogP contribution in [-0.2, 0) is 6.61 Å². The molecule has 1 aromatic rings. The predicted molar refractivity (Wildman–Crippen MR) is 45.4 cm³/mol. The number of aliphatic hydroxyl groups excluding tert-OH is 1. The van der Waals surface area contributed by atoms with E-state index in [4.69, 9.17) is 5.11 Å². The van der Waals surface area contributed by atoms with Crippen molar-refractivity contribution in [2.24, 2.45) is 0 Å². The molecule has 0 saturated carbocycles. The summed E-state index contributed by atoms with van der Waals surface area (Å²) in [6.45, 7) is 0.140. The van der Waals surface area contributed by atoms with Crippen LogP contribution in [0.2, 0.25) is 0 Å². The first-order chi connectivity index (χ1) is 3.93. The molecule has 0 aliphatic carbocycles. The quantitative estimate of drug-likeness (QED) is 0.617. The SMILES string of the molecule is N.OCc1ccccc1.[Ca+2].[H-].[H-]. The van der Waals surface area contributed by atoms with E-state index in [2.05, 4.69) is 0 Å². The van der Waals surface area contributed by atoms with Gasteiger partial charge in [-0.25, -0.2) is 0 Å². The number of hydrogen-bond donors (Lipinski definition) is 2. The average Bonchev–Trinajstić information content (AvgIpc) is 1.90. The predicted octanol–water partition coefficient (Wildman–Crippen LogP) is 1.19. The molecule has 0 heterocycles. The summed E-state index contributed by atoms with van der Waals surface area (Å²) < 4.78 is 0. The van der Waals surface area contributed by atoms with E-state index in [0.717, 1.165) is 5.56 Å². The maximum atomic E-state index is 8.54. The second-order valence-electron chi connectivity index (χ2n) is 1.64. The van der Waals surface area contributed by atoms with Crippen LogP contribution in [0.25, 0.3) is 0 Å². The van der Waals surface area contributed by atoms with E-state index in [1.165, 1.54) is 0 Å². The Morgan fingerprint density at radius 2 is 1.70 bits per heavy atom. The topological polar surface area (TPSA) is 55.2 Å². The van der Waals surface area contributed by atoms with Gasteiger partial charge in [-0.3, -0.25) is 0 Å². The van der Waals surface area contributed by atoms with Crippen molar-refractivity contribution in [1.82, 2.24) is 6.15 Å². The summed E-state index contributed by atoms with van der Waals surface area (Å²) in [5.41, 5.74) is 0.965. The Bertz CT molecular complexity index is 163. The van der Waals surface area contributed by atoms with E-state index in [9.17, 15) is 0 Å². The summed E-state index contributed by atoms with van der Waals surface area (Å²) in [5.74, 6) is 0. The van der Waals surface area contributed by atoms with Gasteiger partial charge in [0, 0.05) is 0 Å². The van der Waals surface area contributed by atoms with E-state index < -0.39 is 0 Å². The summed E-state index contributed by atoms with van der Waals surface area (Å²) in [6.07, 6.45) is 0. The zero-order valence-corrected chi connectivity index (χ0v) is 8.16. The number of hydrogen-bond acceptors (Lipinski definition) is 2. The van der Waals surface area contributed by atoms with Gasteiger partial charge in [0.2, 0.25) is 0 Å². The number of rotatable bonds is 1. The van der Waals surface area contributed by atoms with Crippen LogP contribution in [0.3, 0.4) is 0 Å². The Morgan fingerprint density at radius 1 is 1.20 bits per heavy atom. The maximum absolute atomic E-state index is 8.54. The second-order valence-corrected chi connectivity index (χ2v) is 1.64. The van der Waals surface area contributed by atoms with Gasteiger partial charge in [-0.15, -0.1) is 0 Å². The van der Waals surface area contributed by atoms with Gasteiger partial charge in [0.15, 0.2) is 0 Å². The summed E-state index contributed by atoms with van der Waals surface area (Å²) >= 11 is 0. The second kappa shape index (κ2) is 7.51. The molecule has 3 heteroatoms. The van der Waals surface area contributed by atoms with Gasteiger partial charge >= 0.3 is 37.7 Å². The van der Waals surface area contributed by atoms with Crippen LogP contribution < -0.4 is 6.15 Å². The minimum absolute atomic E-state index is 0. The first-order valence-corrected chi connectivity index (χ1v) is 2.58. The fraction of sp³-hybridized carbons (Fsp3) is 0.143. The Kier molecular flexibility index (Phi) is 9.78. The molecule has 2 nitrogen and oxygen atoms in total. The molecule has 0 aliphatic rings. The summed E-state index contributed by atoms with van der Waals surface area (Å²) in [6, 6.07) is 9.52. The van der Waals surface area contributed by atoms with Gasteiger partial charge in [0.25, 0.3) is 0 Å². The van der Waals surface area contributed by atoms with Crippen LogP contribution in [0.4, 0.5) is 0 Å². The van der Waals surface area contributed by atoms with E-state index in [0.29, 0.717) is 0 Å². The number of benzene rings is 1. The zero-order chi connectivity index (χ0) is 5.82. The molecule has 0 bridgehead atoms. The molecule has 0 amide bonds. The molecule has 10 heavy (non-hydrogen) atoms. The summed E-state index contributed by atoms with van der Waals surface area (Å²) in [5, 5.41) is 8.54. The molecule has 0 atom stereocenters. The Morgan fingerprint density at radius 3 is 2.00 bits per heavy atom. The van der Waals surface area contributed by atoms with E-state index in [1.807, 2.05) is 30.3 Å². The molecule has 0 fully saturated rings. The van der Waals surface area contributed by atoms with Gasteiger partial charge in [0.1, 0.15) is 0 Å². The van der Waals surface area contributed by atoms with Crippen molar-refractivity contribution in [2.75, 3.05) is 0 Å². The van der Waals surface area contributed by atoms with Gasteiger partial charge in [-0.1, -0.05) is 30.3 Å². The van der Waals surface area contributed by atoms with Gasteiger partial charge in [0.05, 0.1) is 6.61 Å². The van der Waals surface area contributed by atoms with Crippen LogP contribution in [0.15, 0.2) is 30.3 Å². The van der Waals surface area contributed by atoms with Crippen molar-refractivity contribution in [3.05, 3.63) is 35.9 Å². The van der Waals surface area contributed by atoms with Crippen molar-refractivity contribution < 1.29 is 7.96 Å². The van der Waals surface area contributed by atoms with Crippen molar-refractivity contribution in [1.29, 1.82) is 0 Å². The molecular weight excluding hydrogens is 154 g/mol. The van der Waals surface area contributed by atoms with Crippen molar-refractivity contribution in [2.45, 2.75) is 6.61 Å². The fourth-order valence-corrected chi connectivity index (χ4v) is 0.583. The smallest absolute Gasteiger partial charge is 1.00 e. The van der Waals surface area contributed by atoms with Crippen molar-refractivity contribution >= 4 is 37.7 Å². The molecule has 0 aliphatic heterocycles. The van der Waals surface area contributed by atoms with Crippen LogP contribution in [-0.4, -0.2) is 42.8 Å². The summed E-state index contributed by atoms with van der Waals surface area (Å²) in [4.78, 5) is 0. The zero-order valence-electron chi connectivity index (χ0n) is 7.96. The van der Waals surface area contributed by atoms with E-state index in [1.54, 1.807) is 0 Å². The molecular formula is C7H13CaNO. The standard InChI is InChI=1S/C7H8O.Ca.H3N.2H/c8-6-7-4-2-1-3-5-7;;;;/h1-5,8H,6H2;;1H3;;/q;+2;;2*-1. The van der Waals surface area contributed by atoms with Gasteiger partial charge in [-0.2, -0.15) is 0 Å². The first-order valence-electron chi connectivity index (χ1n) is 2.58. The molecule has 0 unspecified atom stereocenters. The molecule has 1 aromatic carbocycles. The van der Waals surface area contributed by atoms with Crippen LogP contribution >= 0.6 is 0 Å². The normalized spacial score (nSPS) is 7.30. The largest absolute Gasteiger partial charge is 2.00 e. The van der Waals surface area contributed by atoms with Crippen molar-refractivity contribution in [3.63, 3.8) is 0 Å². The first kappa shape index (κ1) is 13.0. The fourth-order valence-electron chi connectivity index (χ4n) is 0.583. The Labute approximate surface area is 93.8 Å². The molecule has 4 N–H and O–H groups in total. The van der Waals surface area contributed by atoms with Crippen LogP contribution in [0.5, 0.6) is 0 Å². The third-order valence-electron chi connectivity index (χ3n) is 1.03. The summed E-state index contributed by atoms with van der Waals surface area (Å²) in [7, 11) is 0. The third-order valence-corrected chi connectivity index (χ3v) is 1.03. The molecule has 0 radical (unpaired) electrons.